The number of halogens is 1. The molecule has 1 amide bonds. The van der Waals surface area contributed by atoms with Gasteiger partial charge in [0.2, 0.25) is 0 Å². The monoisotopic (exact) mass is 384 g/mol. The molecule has 2 unspecified atom stereocenters. The Kier molecular flexibility index (Phi) is 4.56. The lowest BCUT2D eigenvalue weighted by Crippen LogP contribution is -2.39. The van der Waals surface area contributed by atoms with Crippen LogP contribution in [0.2, 0.25) is 0 Å². The summed E-state index contributed by atoms with van der Waals surface area (Å²) < 4.78 is 14.1. The normalized spacial score (nSPS) is 24.2. The molecule has 7 heteroatoms. The minimum Gasteiger partial charge on any atom is -0.374 e. The van der Waals surface area contributed by atoms with Crippen molar-refractivity contribution in [3.63, 3.8) is 0 Å². The van der Waals surface area contributed by atoms with Gasteiger partial charge in [-0.3, -0.25) is 14.6 Å². The number of carbonyl (C=O) groups is 2. The van der Waals surface area contributed by atoms with E-state index in [0.717, 1.165) is 0 Å². The van der Waals surface area contributed by atoms with E-state index in [-0.39, 0.29) is 17.7 Å². The smallest absolute Gasteiger partial charge is 0.254 e. The molecule has 6 nitrogen and oxygen atoms in total. The van der Waals surface area contributed by atoms with Crippen LogP contribution in [0.5, 0.6) is 0 Å². The van der Waals surface area contributed by atoms with Gasteiger partial charge in [-0.05, 0) is 38.3 Å². The van der Waals surface area contributed by atoms with Crippen LogP contribution in [0.3, 0.4) is 0 Å². The van der Waals surface area contributed by atoms with Crippen LogP contribution in [-0.4, -0.2) is 58.5 Å². The predicted molar refractivity (Wildman–Crippen MR) is 103 cm³/mol. The maximum atomic E-state index is 14.1. The second-order valence-electron chi connectivity index (χ2n) is 8.30. The van der Waals surface area contributed by atoms with E-state index in [1.807, 2.05) is 0 Å². The van der Waals surface area contributed by atoms with Crippen molar-refractivity contribution in [2.75, 3.05) is 19.6 Å². The molecule has 148 valence electrons. The SMILES string of the molecule is CC1=C(N2CCC(C)(F)CC2)C1C(C=N)CN1Cc2c(ccnc2C=O)C1=O. The van der Waals surface area contributed by atoms with Gasteiger partial charge in [0, 0.05) is 67.3 Å². The number of carbonyl (C=O) groups excluding carboxylic acids is 2. The minimum atomic E-state index is -1.09. The van der Waals surface area contributed by atoms with E-state index in [2.05, 4.69) is 16.8 Å². The van der Waals surface area contributed by atoms with Crippen molar-refractivity contribution in [2.24, 2.45) is 11.8 Å². The summed E-state index contributed by atoms with van der Waals surface area (Å²) in [5.74, 6) is -0.0837. The van der Waals surface area contributed by atoms with Crippen molar-refractivity contribution < 1.29 is 14.0 Å². The number of fused-ring (bicyclic) bond motifs is 1. The Morgan fingerprint density at radius 2 is 2.14 bits per heavy atom. The van der Waals surface area contributed by atoms with Gasteiger partial charge in [0.05, 0.1) is 0 Å². The molecule has 2 aliphatic heterocycles. The molecule has 1 fully saturated rings. The third-order valence-corrected chi connectivity index (χ3v) is 6.37. The first-order valence-electron chi connectivity index (χ1n) is 9.74. The number of pyridine rings is 1. The second kappa shape index (κ2) is 6.79. The fraction of sp³-hybridized carbons (Fsp3) is 0.524. The number of aromatic nitrogens is 1. The first kappa shape index (κ1) is 18.8. The van der Waals surface area contributed by atoms with Crippen LogP contribution in [0.25, 0.3) is 0 Å². The van der Waals surface area contributed by atoms with Gasteiger partial charge in [-0.15, -0.1) is 0 Å². The molecule has 4 rings (SSSR count). The Bertz CT molecular complexity index is 869. The summed E-state index contributed by atoms with van der Waals surface area (Å²) >= 11 is 0. The molecule has 0 saturated carbocycles. The summed E-state index contributed by atoms with van der Waals surface area (Å²) in [7, 11) is 0. The second-order valence-corrected chi connectivity index (χ2v) is 8.30. The zero-order valence-corrected chi connectivity index (χ0v) is 16.2. The number of piperidine rings is 1. The number of alkyl halides is 1. The van der Waals surface area contributed by atoms with Gasteiger partial charge < -0.3 is 15.2 Å². The summed E-state index contributed by atoms with van der Waals surface area (Å²) in [5, 5.41) is 7.92. The highest BCUT2D eigenvalue weighted by Gasteiger charge is 2.45. The van der Waals surface area contributed by atoms with Crippen molar-refractivity contribution in [1.82, 2.24) is 14.8 Å². The van der Waals surface area contributed by atoms with E-state index in [1.54, 1.807) is 17.9 Å². The Balaban J connectivity index is 1.43. The van der Waals surface area contributed by atoms with Gasteiger partial charge in [-0.1, -0.05) is 0 Å². The molecule has 1 aliphatic carbocycles. The summed E-state index contributed by atoms with van der Waals surface area (Å²) in [4.78, 5) is 31.9. The Hall–Kier alpha value is -2.57. The van der Waals surface area contributed by atoms with E-state index in [4.69, 9.17) is 5.41 Å². The number of rotatable bonds is 6. The number of nitrogens with zero attached hydrogens (tertiary/aromatic N) is 3. The number of aldehydes is 1. The molecule has 0 aromatic carbocycles. The molecule has 1 saturated heterocycles. The standard InChI is InChI=1S/C21H25FN4O2/c1-13-18(19(13)25-7-4-21(2,22)5-8-25)14(9-23)10-26-11-16-15(20(26)28)3-6-24-17(16)12-27/h3,6,9,12,14,18,23H,4-5,7-8,10-11H2,1-2H3. The van der Waals surface area contributed by atoms with Crippen LogP contribution in [0.1, 0.15) is 53.1 Å². The van der Waals surface area contributed by atoms with Crippen molar-refractivity contribution in [1.29, 1.82) is 5.41 Å². The molecule has 0 bridgehead atoms. The average molecular weight is 384 g/mol. The summed E-state index contributed by atoms with van der Waals surface area (Å²) in [6.45, 7) is 5.90. The highest BCUT2D eigenvalue weighted by atomic mass is 19.1. The van der Waals surface area contributed by atoms with Crippen LogP contribution in [0.15, 0.2) is 23.5 Å². The molecular weight excluding hydrogens is 359 g/mol. The maximum absolute atomic E-state index is 14.1. The Morgan fingerprint density at radius 1 is 1.43 bits per heavy atom. The number of likely N-dealkylation sites (tertiary alicyclic amines) is 1. The van der Waals surface area contributed by atoms with Crippen LogP contribution < -0.4 is 0 Å². The zero-order chi connectivity index (χ0) is 20.1. The van der Waals surface area contributed by atoms with E-state index in [9.17, 15) is 14.0 Å². The summed E-state index contributed by atoms with van der Waals surface area (Å²) in [6.07, 6.45) is 4.63. The fourth-order valence-corrected chi connectivity index (χ4v) is 4.59. The van der Waals surface area contributed by atoms with Crippen molar-refractivity contribution in [3.8, 4) is 0 Å². The van der Waals surface area contributed by atoms with E-state index < -0.39 is 5.67 Å². The molecule has 3 heterocycles. The predicted octanol–water partition coefficient (Wildman–Crippen LogP) is 2.84. The van der Waals surface area contributed by atoms with Gasteiger partial charge in [0.25, 0.3) is 5.91 Å². The van der Waals surface area contributed by atoms with Crippen molar-refractivity contribution in [3.05, 3.63) is 40.4 Å². The Labute approximate surface area is 163 Å². The van der Waals surface area contributed by atoms with Crippen LogP contribution in [-0.2, 0) is 6.54 Å². The lowest BCUT2D eigenvalue weighted by molar-refractivity contribution is 0.0753. The average Bonchev–Trinajstić information content (AvgIpc) is 3.23. The highest BCUT2D eigenvalue weighted by Crippen LogP contribution is 2.48. The largest absolute Gasteiger partial charge is 0.374 e. The molecule has 1 N–H and O–H groups in total. The number of nitrogens with one attached hydrogen (secondary N) is 1. The molecule has 3 aliphatic rings. The van der Waals surface area contributed by atoms with E-state index in [1.165, 1.54) is 23.7 Å². The third-order valence-electron chi connectivity index (χ3n) is 6.37. The lowest BCUT2D eigenvalue weighted by atomic mass is 9.95. The number of hydrogen-bond acceptors (Lipinski definition) is 5. The summed E-state index contributed by atoms with van der Waals surface area (Å²) in [5.41, 5.74) is 2.86. The van der Waals surface area contributed by atoms with Crippen LogP contribution in [0, 0.1) is 17.2 Å². The quantitative estimate of drug-likeness (QED) is 0.604. The zero-order valence-electron chi connectivity index (χ0n) is 16.2. The van der Waals surface area contributed by atoms with Crippen LogP contribution in [0.4, 0.5) is 4.39 Å². The lowest BCUT2D eigenvalue weighted by Gasteiger charge is -2.35. The first-order valence-corrected chi connectivity index (χ1v) is 9.74. The molecule has 1 aromatic heterocycles. The molecule has 0 radical (unpaired) electrons. The molecular formula is C21H25FN4O2. The first-order chi connectivity index (χ1) is 13.4. The van der Waals surface area contributed by atoms with Crippen molar-refractivity contribution >= 4 is 18.4 Å². The molecule has 2 atom stereocenters. The minimum absolute atomic E-state index is 0.111. The highest BCUT2D eigenvalue weighted by molar-refractivity contribution is 6.00. The van der Waals surface area contributed by atoms with Crippen LogP contribution >= 0.6 is 0 Å². The molecule has 28 heavy (non-hydrogen) atoms. The van der Waals surface area contributed by atoms with Crippen molar-refractivity contribution in [2.45, 2.75) is 38.9 Å². The third kappa shape index (κ3) is 3.12. The maximum Gasteiger partial charge on any atom is 0.254 e. The Morgan fingerprint density at radius 3 is 2.79 bits per heavy atom. The number of hydrogen-bond donors (Lipinski definition) is 1. The number of allylic oxidation sites excluding steroid dienone is 2. The van der Waals surface area contributed by atoms with Gasteiger partial charge in [0.1, 0.15) is 11.4 Å². The van der Waals surface area contributed by atoms with Gasteiger partial charge >= 0.3 is 0 Å². The van der Waals surface area contributed by atoms with Gasteiger partial charge in [-0.25, -0.2) is 4.39 Å². The number of amides is 1. The fourth-order valence-electron chi connectivity index (χ4n) is 4.59. The van der Waals surface area contributed by atoms with Gasteiger partial charge in [-0.2, -0.15) is 0 Å². The van der Waals surface area contributed by atoms with E-state index >= 15 is 0 Å². The topological polar surface area (TPSA) is 77.4 Å². The summed E-state index contributed by atoms with van der Waals surface area (Å²) in [6, 6.07) is 1.65. The van der Waals surface area contributed by atoms with E-state index in [0.29, 0.717) is 62.1 Å². The van der Waals surface area contributed by atoms with Gasteiger partial charge in [0.15, 0.2) is 6.29 Å². The molecule has 1 aromatic rings. The molecule has 0 spiro atoms.